The number of nitriles is 2. The summed E-state index contributed by atoms with van der Waals surface area (Å²) in [5.41, 5.74) is 1.27. The number of benzene rings is 4. The number of nitrogens with one attached hydrogen (secondary N) is 4. The molecule has 0 aliphatic carbocycles. The van der Waals surface area contributed by atoms with E-state index >= 15 is 0 Å². The lowest BCUT2D eigenvalue weighted by Gasteiger charge is -2.11. The van der Waals surface area contributed by atoms with E-state index in [0.717, 1.165) is 0 Å². The van der Waals surface area contributed by atoms with Crippen molar-refractivity contribution in [1.82, 2.24) is 0 Å². The second kappa shape index (κ2) is 14.8. The third-order valence-electron chi connectivity index (χ3n) is 6.07. The first-order valence-electron chi connectivity index (χ1n) is 13.0. The van der Waals surface area contributed by atoms with Gasteiger partial charge in [0.15, 0.2) is 0 Å². The predicted molar refractivity (Wildman–Crippen MR) is 179 cm³/mol. The second-order valence-electron chi connectivity index (χ2n) is 9.11. The predicted octanol–water partition coefficient (Wildman–Crippen LogP) is 5.95. The summed E-state index contributed by atoms with van der Waals surface area (Å²) in [6, 6.07) is 32.3. The fraction of sp³-hybridized carbons (Fsp3) is 0. The van der Waals surface area contributed by atoms with Crippen molar-refractivity contribution in [2.75, 3.05) is 21.3 Å². The van der Waals surface area contributed by atoms with Gasteiger partial charge < -0.3 is 21.3 Å². The molecular formula is C32H24N6O4S3. The SMILES string of the molecule is N#C/C(C(=O)Nc1ccc(S(=O)(=O)c2ccc(NC(=O)/C(C#N)=C(/S)Nc3ccccc3)cc2)cc1)=C(\S)Nc1ccccc1. The molecule has 2 amide bonds. The van der Waals surface area contributed by atoms with E-state index in [1.165, 1.54) is 48.5 Å². The van der Waals surface area contributed by atoms with Gasteiger partial charge in [-0.25, -0.2) is 8.42 Å². The van der Waals surface area contributed by atoms with Gasteiger partial charge in [0, 0.05) is 22.7 Å². The van der Waals surface area contributed by atoms with E-state index in [9.17, 15) is 28.5 Å². The molecule has 0 unspecified atom stereocenters. The molecule has 0 heterocycles. The highest BCUT2D eigenvalue weighted by Crippen LogP contribution is 2.25. The number of para-hydroxylation sites is 2. The van der Waals surface area contributed by atoms with Crippen LogP contribution in [-0.4, -0.2) is 20.2 Å². The van der Waals surface area contributed by atoms with E-state index in [0.29, 0.717) is 11.4 Å². The molecule has 0 radical (unpaired) electrons. The molecule has 45 heavy (non-hydrogen) atoms. The molecule has 0 aromatic heterocycles. The summed E-state index contributed by atoms with van der Waals surface area (Å²) in [6.07, 6.45) is 0. The smallest absolute Gasteiger partial charge is 0.269 e. The van der Waals surface area contributed by atoms with E-state index < -0.39 is 21.7 Å². The van der Waals surface area contributed by atoms with E-state index in [1.807, 2.05) is 24.3 Å². The fourth-order valence-electron chi connectivity index (χ4n) is 3.82. The Morgan fingerprint density at radius 1 is 0.511 bits per heavy atom. The number of carbonyl (C=O) groups excluding carboxylic acids is 2. The first-order valence-corrected chi connectivity index (χ1v) is 15.4. The van der Waals surface area contributed by atoms with Crippen molar-refractivity contribution in [2.24, 2.45) is 0 Å². The number of amides is 2. The number of rotatable bonds is 10. The zero-order chi connectivity index (χ0) is 32.4. The molecule has 0 fully saturated rings. The highest BCUT2D eigenvalue weighted by atomic mass is 32.2. The average molecular weight is 653 g/mol. The van der Waals surface area contributed by atoms with E-state index in [2.05, 4.69) is 46.5 Å². The first-order chi connectivity index (χ1) is 21.6. The van der Waals surface area contributed by atoms with Gasteiger partial charge in [0.2, 0.25) is 9.84 Å². The Balaban J connectivity index is 1.42. The molecule has 4 N–H and O–H groups in total. The molecule has 13 heteroatoms. The van der Waals surface area contributed by atoms with Crippen molar-refractivity contribution in [2.45, 2.75) is 9.79 Å². The van der Waals surface area contributed by atoms with E-state index in [1.54, 1.807) is 48.5 Å². The molecule has 10 nitrogen and oxygen atoms in total. The summed E-state index contributed by atoms with van der Waals surface area (Å²) in [4.78, 5) is 25.3. The van der Waals surface area contributed by atoms with Crippen LogP contribution in [0.1, 0.15) is 0 Å². The summed E-state index contributed by atoms with van der Waals surface area (Å²) in [7, 11) is -3.96. The maximum atomic E-state index is 13.2. The van der Waals surface area contributed by atoms with Crippen LogP contribution in [0, 0.1) is 22.7 Å². The van der Waals surface area contributed by atoms with Crippen LogP contribution in [0.25, 0.3) is 0 Å². The Hall–Kier alpha value is -5.47. The summed E-state index contributed by atoms with van der Waals surface area (Å²) < 4.78 is 26.4. The Morgan fingerprint density at radius 2 is 0.822 bits per heavy atom. The maximum absolute atomic E-state index is 13.2. The van der Waals surface area contributed by atoms with Crippen molar-refractivity contribution >= 4 is 69.7 Å². The third-order valence-corrected chi connectivity index (χ3v) is 8.53. The number of anilines is 4. The number of nitrogens with zero attached hydrogens (tertiary/aromatic N) is 2. The fourth-order valence-corrected chi connectivity index (χ4v) is 5.64. The van der Waals surface area contributed by atoms with Gasteiger partial charge in [0.05, 0.1) is 19.8 Å². The van der Waals surface area contributed by atoms with Crippen LogP contribution in [0.4, 0.5) is 22.7 Å². The largest absolute Gasteiger partial charge is 0.349 e. The van der Waals surface area contributed by atoms with Crippen LogP contribution in [0.5, 0.6) is 0 Å². The molecule has 224 valence electrons. The van der Waals surface area contributed by atoms with E-state index in [-0.39, 0.29) is 42.4 Å². The molecule has 4 aromatic rings. The highest BCUT2D eigenvalue weighted by molar-refractivity contribution is 7.91. The van der Waals surface area contributed by atoms with Crippen molar-refractivity contribution < 1.29 is 18.0 Å². The molecular weight excluding hydrogens is 629 g/mol. The molecule has 0 aliphatic rings. The number of thiol groups is 2. The van der Waals surface area contributed by atoms with E-state index in [4.69, 9.17) is 0 Å². The summed E-state index contributed by atoms with van der Waals surface area (Å²) in [5.74, 6) is -1.45. The van der Waals surface area contributed by atoms with Crippen LogP contribution < -0.4 is 21.3 Å². The molecule has 0 atom stereocenters. The van der Waals surface area contributed by atoms with Gasteiger partial charge in [-0.3, -0.25) is 9.59 Å². The van der Waals surface area contributed by atoms with Gasteiger partial charge >= 0.3 is 0 Å². The lowest BCUT2D eigenvalue weighted by molar-refractivity contribution is -0.113. The Morgan fingerprint density at radius 3 is 1.13 bits per heavy atom. The third kappa shape index (κ3) is 8.34. The summed E-state index contributed by atoms with van der Waals surface area (Å²) in [6.45, 7) is 0. The number of hydrogen-bond acceptors (Lipinski definition) is 10. The summed E-state index contributed by atoms with van der Waals surface area (Å²) >= 11 is 8.49. The van der Waals surface area contributed by atoms with Crippen molar-refractivity contribution in [3.8, 4) is 12.1 Å². The van der Waals surface area contributed by atoms with Crippen molar-refractivity contribution in [3.05, 3.63) is 130 Å². The quantitative estimate of drug-likeness (QED) is 0.0695. The highest BCUT2D eigenvalue weighted by Gasteiger charge is 2.20. The van der Waals surface area contributed by atoms with Crippen molar-refractivity contribution in [1.29, 1.82) is 10.5 Å². The van der Waals surface area contributed by atoms with Crippen LogP contribution in [0.2, 0.25) is 0 Å². The zero-order valence-corrected chi connectivity index (χ0v) is 25.8. The minimum Gasteiger partial charge on any atom is -0.349 e. The summed E-state index contributed by atoms with van der Waals surface area (Å²) in [5, 5.41) is 30.0. The molecule has 0 spiro atoms. The number of hydrogen-bond donors (Lipinski definition) is 6. The lowest BCUT2D eigenvalue weighted by Crippen LogP contribution is -2.16. The minimum absolute atomic E-state index is 0.0460. The standard InChI is InChI=1S/C32H24N6O4S3/c33-19-27(31(43)37-21-7-3-1-4-8-21)29(39)35-23-11-15-25(16-12-23)45(41,42)26-17-13-24(14-18-26)36-30(40)28(20-34)32(44)38-22-9-5-2-6-10-22/h1-18,37-38,43-44H,(H,35,39)(H,36,40)/b31-27+,32-28+. The average Bonchev–Trinajstić information content (AvgIpc) is 3.03. The van der Waals surface area contributed by atoms with Crippen LogP contribution >= 0.6 is 25.3 Å². The van der Waals surface area contributed by atoms with Gasteiger partial charge in [-0.05, 0) is 72.8 Å². The molecule has 4 rings (SSSR count). The number of carbonyl (C=O) groups is 2. The maximum Gasteiger partial charge on any atom is 0.269 e. The Kier molecular flexibility index (Phi) is 10.7. The first kappa shape index (κ1) is 32.4. The topological polar surface area (TPSA) is 164 Å². The Labute approximate surface area is 270 Å². The van der Waals surface area contributed by atoms with Gasteiger partial charge in [-0.1, -0.05) is 36.4 Å². The Bertz CT molecular complexity index is 1830. The molecule has 4 aromatic carbocycles. The normalized spacial score (nSPS) is 11.9. The van der Waals surface area contributed by atoms with Gasteiger partial charge in [0.1, 0.15) is 23.3 Å². The van der Waals surface area contributed by atoms with Gasteiger partial charge in [0.25, 0.3) is 11.8 Å². The second-order valence-corrected chi connectivity index (χ2v) is 12.0. The molecule has 0 saturated carbocycles. The van der Waals surface area contributed by atoms with Crippen LogP contribution in [0.3, 0.4) is 0 Å². The lowest BCUT2D eigenvalue weighted by atomic mass is 10.2. The molecule has 0 bridgehead atoms. The van der Waals surface area contributed by atoms with Crippen LogP contribution in [-0.2, 0) is 19.4 Å². The molecule has 0 aliphatic heterocycles. The van der Waals surface area contributed by atoms with Crippen molar-refractivity contribution in [3.63, 3.8) is 0 Å². The monoisotopic (exact) mass is 652 g/mol. The van der Waals surface area contributed by atoms with Gasteiger partial charge in [-0.15, -0.1) is 25.3 Å². The zero-order valence-electron chi connectivity index (χ0n) is 23.2. The minimum atomic E-state index is -3.96. The molecule has 0 saturated heterocycles. The van der Waals surface area contributed by atoms with Crippen LogP contribution in [0.15, 0.2) is 140 Å². The number of sulfone groups is 1. The van der Waals surface area contributed by atoms with Gasteiger partial charge in [-0.2, -0.15) is 10.5 Å².